The zero-order valence-electron chi connectivity index (χ0n) is 10.6. The van der Waals surface area contributed by atoms with Crippen molar-refractivity contribution < 1.29 is 10.2 Å². The fraction of sp³-hybridized carbons (Fsp3) is 0.571. The Labute approximate surface area is 123 Å². The molecule has 0 aliphatic heterocycles. The number of aliphatic hydroxyl groups excluding tert-OH is 2. The van der Waals surface area contributed by atoms with Crippen LogP contribution in [0.5, 0.6) is 0 Å². The van der Waals surface area contributed by atoms with E-state index >= 15 is 0 Å². The smallest absolute Gasteiger partial charge is 0.0929 e. The first-order valence-corrected chi connectivity index (χ1v) is 7.33. The summed E-state index contributed by atoms with van der Waals surface area (Å²) in [5.41, 5.74) is 0.646. The van der Waals surface area contributed by atoms with Gasteiger partial charge in [-0.1, -0.05) is 23.2 Å². The van der Waals surface area contributed by atoms with Gasteiger partial charge in [0.05, 0.1) is 12.2 Å². The highest BCUT2D eigenvalue weighted by atomic mass is 35.5. The maximum absolute atomic E-state index is 10.1. The standard InChI is InChI=1S/C14H19Cl2NO2/c15-10-2-4-13(16)12(6-10)14(19)8-17-7-9-1-3-11(18)5-9/h2,4,6,9,11,14,17-19H,1,3,5,7-8H2. The molecule has 1 aromatic rings. The molecule has 1 saturated carbocycles. The highest BCUT2D eigenvalue weighted by Crippen LogP contribution is 2.27. The summed E-state index contributed by atoms with van der Waals surface area (Å²) in [6.07, 6.45) is 1.95. The van der Waals surface area contributed by atoms with E-state index in [9.17, 15) is 10.2 Å². The summed E-state index contributed by atoms with van der Waals surface area (Å²) in [5.74, 6) is 0.497. The lowest BCUT2D eigenvalue weighted by Gasteiger charge is -2.16. The average molecular weight is 304 g/mol. The Morgan fingerprint density at radius 3 is 2.79 bits per heavy atom. The second-order valence-corrected chi connectivity index (χ2v) is 6.02. The second-order valence-electron chi connectivity index (χ2n) is 5.17. The lowest BCUT2D eigenvalue weighted by molar-refractivity contribution is 0.167. The molecule has 0 amide bonds. The van der Waals surface area contributed by atoms with Gasteiger partial charge in [0, 0.05) is 22.2 Å². The third kappa shape index (κ3) is 4.33. The molecule has 0 bridgehead atoms. The fourth-order valence-electron chi connectivity index (χ4n) is 2.54. The average Bonchev–Trinajstić information content (AvgIpc) is 2.78. The van der Waals surface area contributed by atoms with Crippen LogP contribution in [0.25, 0.3) is 0 Å². The Morgan fingerprint density at radius 2 is 2.11 bits per heavy atom. The molecule has 19 heavy (non-hydrogen) atoms. The van der Waals surface area contributed by atoms with E-state index in [0.717, 1.165) is 25.8 Å². The van der Waals surface area contributed by atoms with Crippen LogP contribution < -0.4 is 5.32 Å². The highest BCUT2D eigenvalue weighted by molar-refractivity contribution is 6.33. The molecular weight excluding hydrogens is 285 g/mol. The van der Waals surface area contributed by atoms with E-state index in [4.69, 9.17) is 23.2 Å². The highest BCUT2D eigenvalue weighted by Gasteiger charge is 2.22. The number of halogens is 2. The van der Waals surface area contributed by atoms with Gasteiger partial charge in [-0.3, -0.25) is 0 Å². The van der Waals surface area contributed by atoms with Gasteiger partial charge >= 0.3 is 0 Å². The molecule has 0 aromatic heterocycles. The minimum atomic E-state index is -0.669. The molecule has 3 atom stereocenters. The van der Waals surface area contributed by atoms with Crippen LogP contribution in [-0.4, -0.2) is 29.4 Å². The predicted molar refractivity (Wildman–Crippen MR) is 77.6 cm³/mol. The van der Waals surface area contributed by atoms with Crippen molar-refractivity contribution in [1.29, 1.82) is 0 Å². The number of aliphatic hydroxyl groups is 2. The molecule has 3 nitrogen and oxygen atoms in total. The Balaban J connectivity index is 1.80. The number of hydrogen-bond acceptors (Lipinski definition) is 3. The van der Waals surface area contributed by atoms with Crippen LogP contribution in [0.3, 0.4) is 0 Å². The Bertz CT molecular complexity index is 428. The van der Waals surface area contributed by atoms with Crippen molar-refractivity contribution >= 4 is 23.2 Å². The molecular formula is C14H19Cl2NO2. The summed E-state index contributed by atoms with van der Waals surface area (Å²) in [6, 6.07) is 5.08. The molecule has 106 valence electrons. The number of benzene rings is 1. The van der Waals surface area contributed by atoms with Gasteiger partial charge in [0.25, 0.3) is 0 Å². The number of rotatable bonds is 5. The topological polar surface area (TPSA) is 52.5 Å². The lowest BCUT2D eigenvalue weighted by atomic mass is 10.1. The molecule has 3 unspecified atom stereocenters. The Hall–Kier alpha value is -0.320. The molecule has 0 spiro atoms. The van der Waals surface area contributed by atoms with Gasteiger partial charge in [0.1, 0.15) is 0 Å². The van der Waals surface area contributed by atoms with Gasteiger partial charge in [-0.15, -0.1) is 0 Å². The van der Waals surface area contributed by atoms with Crippen molar-refractivity contribution in [2.75, 3.05) is 13.1 Å². The normalized spacial score (nSPS) is 24.6. The van der Waals surface area contributed by atoms with Crippen LogP contribution in [0.1, 0.15) is 30.9 Å². The maximum Gasteiger partial charge on any atom is 0.0929 e. The van der Waals surface area contributed by atoms with Gasteiger partial charge in [-0.25, -0.2) is 0 Å². The fourth-order valence-corrected chi connectivity index (χ4v) is 2.96. The van der Waals surface area contributed by atoms with Gasteiger partial charge in [0.2, 0.25) is 0 Å². The zero-order valence-corrected chi connectivity index (χ0v) is 12.2. The summed E-state index contributed by atoms with van der Waals surface area (Å²) in [5, 5.41) is 23.9. The van der Waals surface area contributed by atoms with E-state index in [1.165, 1.54) is 0 Å². The van der Waals surface area contributed by atoms with Crippen molar-refractivity contribution in [1.82, 2.24) is 5.32 Å². The number of hydrogen-bond donors (Lipinski definition) is 3. The van der Waals surface area contributed by atoms with Crippen LogP contribution in [0, 0.1) is 5.92 Å². The molecule has 0 saturated heterocycles. The summed E-state index contributed by atoms with van der Waals surface area (Å²) in [7, 11) is 0. The van der Waals surface area contributed by atoms with Crippen LogP contribution >= 0.6 is 23.2 Å². The largest absolute Gasteiger partial charge is 0.393 e. The first kappa shape index (κ1) is 15.1. The molecule has 1 aromatic carbocycles. The SMILES string of the molecule is OC1CCC(CNCC(O)c2cc(Cl)ccc2Cl)C1. The molecule has 1 aliphatic rings. The number of nitrogens with one attached hydrogen (secondary N) is 1. The summed E-state index contributed by atoms with van der Waals surface area (Å²) in [6.45, 7) is 1.25. The molecule has 5 heteroatoms. The first-order valence-electron chi connectivity index (χ1n) is 6.58. The minimum absolute atomic E-state index is 0.154. The quantitative estimate of drug-likeness (QED) is 0.784. The summed E-state index contributed by atoms with van der Waals surface area (Å²) >= 11 is 11.9. The van der Waals surface area contributed by atoms with Crippen molar-refractivity contribution in [3.63, 3.8) is 0 Å². The molecule has 3 N–H and O–H groups in total. The van der Waals surface area contributed by atoms with E-state index in [0.29, 0.717) is 28.1 Å². The van der Waals surface area contributed by atoms with E-state index in [2.05, 4.69) is 5.32 Å². The second kappa shape index (κ2) is 6.91. The Kier molecular flexibility index (Phi) is 5.48. The summed E-state index contributed by atoms with van der Waals surface area (Å²) in [4.78, 5) is 0. The maximum atomic E-state index is 10.1. The van der Waals surface area contributed by atoms with Crippen LogP contribution in [0.15, 0.2) is 18.2 Å². The summed E-state index contributed by atoms with van der Waals surface area (Å²) < 4.78 is 0. The Morgan fingerprint density at radius 1 is 1.32 bits per heavy atom. The monoisotopic (exact) mass is 303 g/mol. The first-order chi connectivity index (χ1) is 9.06. The van der Waals surface area contributed by atoms with Crippen LogP contribution in [0.4, 0.5) is 0 Å². The van der Waals surface area contributed by atoms with Gasteiger partial charge in [-0.2, -0.15) is 0 Å². The van der Waals surface area contributed by atoms with Crippen LogP contribution in [0.2, 0.25) is 10.0 Å². The molecule has 1 fully saturated rings. The van der Waals surface area contributed by atoms with Crippen molar-refractivity contribution in [2.45, 2.75) is 31.5 Å². The van der Waals surface area contributed by atoms with Crippen molar-refractivity contribution in [3.8, 4) is 0 Å². The van der Waals surface area contributed by atoms with E-state index in [1.54, 1.807) is 18.2 Å². The molecule has 1 aliphatic carbocycles. The third-order valence-corrected chi connectivity index (χ3v) is 4.18. The molecule has 0 radical (unpaired) electrons. The molecule has 0 heterocycles. The van der Waals surface area contributed by atoms with Gasteiger partial charge in [0.15, 0.2) is 0 Å². The van der Waals surface area contributed by atoms with Crippen LogP contribution in [-0.2, 0) is 0 Å². The lowest BCUT2D eigenvalue weighted by Crippen LogP contribution is -2.26. The van der Waals surface area contributed by atoms with Gasteiger partial charge < -0.3 is 15.5 Å². The van der Waals surface area contributed by atoms with Gasteiger partial charge in [-0.05, 0) is 49.9 Å². The predicted octanol–water partition coefficient (Wildman–Crippen LogP) is 2.78. The van der Waals surface area contributed by atoms with Crippen molar-refractivity contribution in [3.05, 3.63) is 33.8 Å². The molecule has 2 rings (SSSR count). The third-order valence-electron chi connectivity index (χ3n) is 3.60. The van der Waals surface area contributed by atoms with E-state index < -0.39 is 6.10 Å². The van der Waals surface area contributed by atoms with E-state index in [1.807, 2.05) is 0 Å². The zero-order chi connectivity index (χ0) is 13.8. The van der Waals surface area contributed by atoms with Crippen molar-refractivity contribution in [2.24, 2.45) is 5.92 Å². The van der Waals surface area contributed by atoms with E-state index in [-0.39, 0.29) is 6.10 Å². The minimum Gasteiger partial charge on any atom is -0.393 e.